The Labute approximate surface area is 202 Å². The van der Waals surface area contributed by atoms with E-state index in [1.165, 1.54) is 38.5 Å². The largest absolute Gasteiger partial charge is 0.508 e. The van der Waals surface area contributed by atoms with Crippen molar-refractivity contribution >= 4 is 33.2 Å². The van der Waals surface area contributed by atoms with Gasteiger partial charge in [0.25, 0.3) is 0 Å². The molecule has 1 aliphatic carbocycles. The van der Waals surface area contributed by atoms with Crippen molar-refractivity contribution in [3.8, 4) is 22.6 Å². The Hall–Kier alpha value is -4.63. The number of benzene rings is 5. The van der Waals surface area contributed by atoms with Crippen molar-refractivity contribution in [2.45, 2.75) is 5.92 Å². The highest BCUT2D eigenvalue weighted by molar-refractivity contribution is 6.23. The molecule has 8 rings (SSSR count). The number of hydrogen-bond acceptors (Lipinski definition) is 2. The van der Waals surface area contributed by atoms with E-state index in [9.17, 15) is 5.11 Å². The fraction of sp³-hybridized carbons (Fsp3) is 0.0312. The number of para-hydroxylation sites is 3. The smallest absolute Gasteiger partial charge is 0.116 e. The summed E-state index contributed by atoms with van der Waals surface area (Å²) in [7, 11) is 0. The average Bonchev–Trinajstić information content (AvgIpc) is 3.45. The van der Waals surface area contributed by atoms with Crippen LogP contribution in [0, 0.1) is 0 Å². The number of fused-ring (bicyclic) bond motifs is 12. The first-order chi connectivity index (χ1) is 17.3. The van der Waals surface area contributed by atoms with Gasteiger partial charge in [0.15, 0.2) is 0 Å². The molecule has 2 heterocycles. The van der Waals surface area contributed by atoms with Crippen molar-refractivity contribution in [2.75, 3.05) is 0 Å². The van der Waals surface area contributed by atoms with Crippen LogP contribution in [0.25, 0.3) is 38.6 Å². The van der Waals surface area contributed by atoms with Gasteiger partial charge in [-0.15, -0.1) is 0 Å². The topological polar surface area (TPSA) is 37.5 Å². The van der Waals surface area contributed by atoms with Crippen molar-refractivity contribution in [2.24, 2.45) is 4.99 Å². The molecule has 5 aromatic carbocycles. The third kappa shape index (κ3) is 2.42. The van der Waals surface area contributed by atoms with Gasteiger partial charge < -0.3 is 9.67 Å². The molecule has 35 heavy (non-hydrogen) atoms. The zero-order chi connectivity index (χ0) is 23.1. The van der Waals surface area contributed by atoms with Crippen LogP contribution in [0.5, 0.6) is 5.75 Å². The van der Waals surface area contributed by atoms with E-state index in [2.05, 4.69) is 89.5 Å². The van der Waals surface area contributed by atoms with E-state index in [-0.39, 0.29) is 11.7 Å². The van der Waals surface area contributed by atoms with Crippen molar-refractivity contribution in [3.05, 3.63) is 126 Å². The number of aliphatic imine (C=N–C) groups is 1. The summed E-state index contributed by atoms with van der Waals surface area (Å²) in [6, 6.07) is 37.9. The second-order valence-corrected chi connectivity index (χ2v) is 9.33. The molecule has 0 amide bonds. The monoisotopic (exact) mass is 448 g/mol. The van der Waals surface area contributed by atoms with E-state index in [0.29, 0.717) is 0 Å². The third-order valence-corrected chi connectivity index (χ3v) is 7.51. The van der Waals surface area contributed by atoms with Crippen molar-refractivity contribution in [1.82, 2.24) is 4.57 Å². The van der Waals surface area contributed by atoms with Gasteiger partial charge in [-0.2, -0.15) is 0 Å². The number of aromatic nitrogens is 1. The second-order valence-electron chi connectivity index (χ2n) is 9.33. The molecule has 1 unspecified atom stereocenters. The maximum Gasteiger partial charge on any atom is 0.116 e. The fourth-order valence-corrected chi connectivity index (χ4v) is 6.14. The summed E-state index contributed by atoms with van der Waals surface area (Å²) in [5.41, 5.74) is 11.5. The van der Waals surface area contributed by atoms with Crippen LogP contribution in [0.15, 0.2) is 114 Å². The molecule has 2 aliphatic rings. The Bertz CT molecular complexity index is 1860. The van der Waals surface area contributed by atoms with Gasteiger partial charge in [0.2, 0.25) is 0 Å². The van der Waals surface area contributed by atoms with Gasteiger partial charge in [-0.25, -0.2) is 0 Å². The highest BCUT2D eigenvalue weighted by Gasteiger charge is 2.38. The van der Waals surface area contributed by atoms with E-state index >= 15 is 0 Å². The highest BCUT2D eigenvalue weighted by Crippen LogP contribution is 2.53. The summed E-state index contributed by atoms with van der Waals surface area (Å²) in [5.74, 6) is 0.292. The predicted octanol–water partition coefficient (Wildman–Crippen LogP) is 7.74. The van der Waals surface area contributed by atoms with E-state index in [0.717, 1.165) is 28.2 Å². The summed E-state index contributed by atoms with van der Waals surface area (Å²) in [4.78, 5) is 5.11. The lowest BCUT2D eigenvalue weighted by atomic mass is 9.74. The van der Waals surface area contributed by atoms with Gasteiger partial charge in [0, 0.05) is 22.0 Å². The van der Waals surface area contributed by atoms with Crippen molar-refractivity contribution in [3.63, 3.8) is 0 Å². The number of phenolic OH excluding ortho intramolecular Hbond substituents is 1. The number of aromatic hydroxyl groups is 1. The standard InChI is InChI=1S/C32H20N2O/c35-20-14-15-21-22-16-17-28-29(24-11-5-7-13-27(24)34(28)19-8-2-1-3-9-19)30(22)31-23-10-4-6-12-26(23)33-32(31)25(21)18-20/h1-18,31,35H. The molecule has 1 aliphatic heterocycles. The number of rotatable bonds is 1. The molecule has 1 N–H and O–H groups in total. The Balaban J connectivity index is 1.58. The number of hydrogen-bond donors (Lipinski definition) is 1. The first-order valence-electron chi connectivity index (χ1n) is 11.9. The van der Waals surface area contributed by atoms with Gasteiger partial charge in [-0.1, -0.05) is 66.7 Å². The van der Waals surface area contributed by atoms with Crippen molar-refractivity contribution in [1.29, 1.82) is 0 Å². The average molecular weight is 449 g/mol. The number of nitrogens with zero attached hydrogens (tertiary/aromatic N) is 2. The molecule has 0 saturated carbocycles. The molecule has 1 aromatic heterocycles. The Morgan fingerprint density at radius 1 is 0.657 bits per heavy atom. The molecule has 0 radical (unpaired) electrons. The first kappa shape index (κ1) is 18.8. The molecular formula is C32H20N2O. The summed E-state index contributed by atoms with van der Waals surface area (Å²) < 4.78 is 2.37. The van der Waals surface area contributed by atoms with Gasteiger partial charge in [0.1, 0.15) is 5.75 Å². The minimum absolute atomic E-state index is 0.0224. The van der Waals surface area contributed by atoms with Crippen LogP contribution in [0.4, 0.5) is 5.69 Å². The highest BCUT2D eigenvalue weighted by atomic mass is 16.3. The molecule has 1 atom stereocenters. The molecule has 6 aromatic rings. The normalized spacial score (nSPS) is 15.4. The van der Waals surface area contributed by atoms with E-state index in [4.69, 9.17) is 4.99 Å². The first-order valence-corrected chi connectivity index (χ1v) is 11.9. The molecule has 0 spiro atoms. The Morgan fingerprint density at radius 3 is 2.34 bits per heavy atom. The van der Waals surface area contributed by atoms with Crippen LogP contribution >= 0.6 is 0 Å². The minimum Gasteiger partial charge on any atom is -0.508 e. The quantitative estimate of drug-likeness (QED) is 0.274. The van der Waals surface area contributed by atoms with Gasteiger partial charge in [-0.05, 0) is 64.7 Å². The van der Waals surface area contributed by atoms with Crippen LogP contribution in [0.3, 0.4) is 0 Å². The molecule has 3 heteroatoms. The van der Waals surface area contributed by atoms with Crippen LogP contribution in [0.2, 0.25) is 0 Å². The van der Waals surface area contributed by atoms with Crippen molar-refractivity contribution < 1.29 is 5.11 Å². The van der Waals surface area contributed by atoms with Crippen LogP contribution in [-0.2, 0) is 0 Å². The number of phenols is 1. The van der Waals surface area contributed by atoms with Crippen LogP contribution in [0.1, 0.15) is 22.6 Å². The maximum atomic E-state index is 10.4. The van der Waals surface area contributed by atoms with Gasteiger partial charge >= 0.3 is 0 Å². The lowest BCUT2D eigenvalue weighted by Crippen LogP contribution is -2.19. The maximum absolute atomic E-state index is 10.4. The minimum atomic E-state index is 0.0224. The van der Waals surface area contributed by atoms with Gasteiger partial charge in [-0.3, -0.25) is 4.99 Å². The fourth-order valence-electron chi connectivity index (χ4n) is 6.14. The van der Waals surface area contributed by atoms with Gasteiger partial charge in [0.05, 0.1) is 28.4 Å². The predicted molar refractivity (Wildman–Crippen MR) is 142 cm³/mol. The molecule has 0 bridgehead atoms. The lowest BCUT2D eigenvalue weighted by molar-refractivity contribution is 0.475. The molecule has 0 fully saturated rings. The SMILES string of the molecule is Oc1ccc2c(c1)C1=Nc3ccccc3C1c1c-2ccc2c1c1ccccc1n2-c1ccccc1. The second kappa shape index (κ2) is 6.71. The zero-order valence-corrected chi connectivity index (χ0v) is 18.8. The molecule has 0 saturated heterocycles. The van der Waals surface area contributed by atoms with E-state index < -0.39 is 0 Å². The van der Waals surface area contributed by atoms with E-state index in [1.807, 2.05) is 18.2 Å². The Morgan fingerprint density at radius 2 is 1.43 bits per heavy atom. The lowest BCUT2D eigenvalue weighted by Gasteiger charge is -2.28. The molecular weight excluding hydrogens is 428 g/mol. The summed E-state index contributed by atoms with van der Waals surface area (Å²) in [6.07, 6.45) is 0. The summed E-state index contributed by atoms with van der Waals surface area (Å²) in [5, 5.41) is 12.9. The Kier molecular flexibility index (Phi) is 3.59. The third-order valence-electron chi connectivity index (χ3n) is 7.51. The van der Waals surface area contributed by atoms with Crippen LogP contribution in [-0.4, -0.2) is 15.4 Å². The zero-order valence-electron chi connectivity index (χ0n) is 18.8. The van der Waals surface area contributed by atoms with Crippen LogP contribution < -0.4 is 0 Å². The summed E-state index contributed by atoms with van der Waals surface area (Å²) in [6.45, 7) is 0. The summed E-state index contributed by atoms with van der Waals surface area (Å²) >= 11 is 0. The van der Waals surface area contributed by atoms with E-state index in [1.54, 1.807) is 6.07 Å². The molecule has 3 nitrogen and oxygen atoms in total. The molecule has 164 valence electrons.